The summed E-state index contributed by atoms with van der Waals surface area (Å²) in [4.78, 5) is 21.5. The summed E-state index contributed by atoms with van der Waals surface area (Å²) in [5.41, 5.74) is 3.73. The smallest absolute Gasteiger partial charge is 0.278 e. The van der Waals surface area contributed by atoms with Crippen LogP contribution in [0, 0.1) is 0 Å². The highest BCUT2D eigenvalue weighted by atomic mass is 32.2. The molecule has 150 valence electrons. The van der Waals surface area contributed by atoms with E-state index in [1.165, 1.54) is 17.3 Å². The molecular formula is C22H20N6OS. The Kier molecular flexibility index (Phi) is 6.14. The van der Waals surface area contributed by atoms with Gasteiger partial charge in [0.1, 0.15) is 0 Å². The molecule has 2 aromatic carbocycles. The zero-order valence-electron chi connectivity index (χ0n) is 16.4. The van der Waals surface area contributed by atoms with Crippen molar-refractivity contribution in [2.75, 3.05) is 5.32 Å². The number of para-hydroxylation sites is 1. The number of carbonyl (C=O) groups excluding carboxylic acids is 1. The van der Waals surface area contributed by atoms with Crippen molar-refractivity contribution in [2.45, 2.75) is 24.3 Å². The first-order valence-electron chi connectivity index (χ1n) is 9.54. The Labute approximate surface area is 178 Å². The number of aromatic nitrogens is 5. The van der Waals surface area contributed by atoms with Crippen LogP contribution in [0.25, 0.3) is 5.69 Å². The van der Waals surface area contributed by atoms with Gasteiger partial charge in [0.25, 0.3) is 5.91 Å². The molecular weight excluding hydrogens is 396 g/mol. The minimum atomic E-state index is -0.300. The lowest BCUT2D eigenvalue weighted by atomic mass is 10.1. The van der Waals surface area contributed by atoms with Crippen LogP contribution in [0.4, 0.5) is 5.69 Å². The molecule has 2 heterocycles. The highest BCUT2D eigenvalue weighted by Crippen LogP contribution is 2.23. The molecule has 0 unspecified atom stereocenters. The van der Waals surface area contributed by atoms with Crippen LogP contribution < -0.4 is 5.32 Å². The highest BCUT2D eigenvalue weighted by Gasteiger charge is 2.21. The van der Waals surface area contributed by atoms with Crippen LogP contribution in [0.15, 0.2) is 78.2 Å². The van der Waals surface area contributed by atoms with Gasteiger partial charge in [0.05, 0.1) is 11.4 Å². The van der Waals surface area contributed by atoms with Crippen molar-refractivity contribution in [2.24, 2.45) is 0 Å². The maximum Gasteiger partial charge on any atom is 0.278 e. The van der Waals surface area contributed by atoms with Gasteiger partial charge in [0, 0.05) is 23.8 Å². The van der Waals surface area contributed by atoms with E-state index in [0.717, 1.165) is 17.8 Å². The molecule has 0 spiro atoms. The van der Waals surface area contributed by atoms with E-state index in [9.17, 15) is 4.79 Å². The van der Waals surface area contributed by atoms with Gasteiger partial charge in [-0.25, -0.2) is 14.6 Å². The SMILES string of the molecule is CCc1ccc(NC(=O)c2nnn(-c3ccccc3)c2CSc2ncccn2)cc1. The number of aryl methyl sites for hydroxylation is 1. The van der Waals surface area contributed by atoms with Gasteiger partial charge in [-0.1, -0.05) is 54.2 Å². The molecule has 0 bridgehead atoms. The number of nitrogens with zero attached hydrogens (tertiary/aromatic N) is 5. The largest absolute Gasteiger partial charge is 0.321 e. The topological polar surface area (TPSA) is 85.6 Å². The number of amides is 1. The van der Waals surface area contributed by atoms with Gasteiger partial charge >= 0.3 is 0 Å². The molecule has 0 aliphatic heterocycles. The molecule has 0 saturated carbocycles. The minimum absolute atomic E-state index is 0.279. The van der Waals surface area contributed by atoms with Crippen LogP contribution in [0.5, 0.6) is 0 Å². The van der Waals surface area contributed by atoms with Crippen LogP contribution in [0.3, 0.4) is 0 Å². The van der Waals surface area contributed by atoms with Crippen LogP contribution in [-0.2, 0) is 12.2 Å². The minimum Gasteiger partial charge on any atom is -0.321 e. The van der Waals surface area contributed by atoms with Crippen LogP contribution in [-0.4, -0.2) is 30.9 Å². The second kappa shape index (κ2) is 9.32. The monoisotopic (exact) mass is 416 g/mol. The number of thioether (sulfide) groups is 1. The average Bonchev–Trinajstić information content (AvgIpc) is 3.23. The second-order valence-corrected chi connectivity index (χ2v) is 7.40. The molecule has 0 aliphatic carbocycles. The number of benzene rings is 2. The molecule has 7 nitrogen and oxygen atoms in total. The van der Waals surface area contributed by atoms with Gasteiger partial charge in [0.2, 0.25) is 0 Å². The molecule has 4 rings (SSSR count). The number of anilines is 1. The third kappa shape index (κ3) is 4.55. The van der Waals surface area contributed by atoms with Crippen molar-refractivity contribution in [1.82, 2.24) is 25.0 Å². The van der Waals surface area contributed by atoms with Crippen LogP contribution in [0.1, 0.15) is 28.7 Å². The quantitative estimate of drug-likeness (QED) is 0.360. The summed E-state index contributed by atoms with van der Waals surface area (Å²) in [6.07, 6.45) is 4.33. The molecule has 2 aromatic heterocycles. The van der Waals surface area contributed by atoms with Crippen LogP contribution >= 0.6 is 11.8 Å². The van der Waals surface area contributed by atoms with Gasteiger partial charge < -0.3 is 5.32 Å². The first-order valence-corrected chi connectivity index (χ1v) is 10.5. The molecule has 0 radical (unpaired) electrons. The zero-order chi connectivity index (χ0) is 20.8. The summed E-state index contributed by atoms with van der Waals surface area (Å²) in [5.74, 6) is 0.148. The van der Waals surface area contributed by atoms with Crippen LogP contribution in [0.2, 0.25) is 0 Å². The fourth-order valence-electron chi connectivity index (χ4n) is 2.89. The van der Waals surface area contributed by atoms with E-state index in [-0.39, 0.29) is 11.6 Å². The van der Waals surface area contributed by atoms with Crippen molar-refractivity contribution in [3.8, 4) is 5.69 Å². The lowest BCUT2D eigenvalue weighted by Crippen LogP contribution is -2.15. The Balaban J connectivity index is 1.62. The molecule has 1 N–H and O–H groups in total. The Bertz CT molecular complexity index is 1110. The van der Waals surface area contributed by atoms with E-state index in [1.807, 2.05) is 54.6 Å². The lowest BCUT2D eigenvalue weighted by molar-refractivity contribution is 0.102. The van der Waals surface area contributed by atoms with E-state index in [4.69, 9.17) is 0 Å². The van der Waals surface area contributed by atoms with E-state index >= 15 is 0 Å². The summed E-state index contributed by atoms with van der Waals surface area (Å²) < 4.78 is 1.69. The number of nitrogens with one attached hydrogen (secondary N) is 1. The molecule has 0 saturated heterocycles. The van der Waals surface area contributed by atoms with Gasteiger partial charge in [-0.15, -0.1) is 5.10 Å². The second-order valence-electron chi connectivity index (χ2n) is 6.46. The standard InChI is InChI=1S/C22H20N6OS/c1-2-16-9-11-17(12-10-16)25-21(29)20-19(15-30-22-23-13-6-14-24-22)28(27-26-20)18-7-4-3-5-8-18/h3-14H,2,15H2,1H3,(H,25,29). The molecule has 0 atom stereocenters. The van der Waals surface area contributed by atoms with Crippen molar-refractivity contribution in [1.29, 1.82) is 0 Å². The number of hydrogen-bond donors (Lipinski definition) is 1. The zero-order valence-corrected chi connectivity index (χ0v) is 17.2. The van der Waals surface area contributed by atoms with E-state index < -0.39 is 0 Å². The first-order chi connectivity index (χ1) is 14.7. The normalized spacial score (nSPS) is 10.7. The lowest BCUT2D eigenvalue weighted by Gasteiger charge is -2.08. The van der Waals surface area contributed by atoms with Crippen molar-refractivity contribution >= 4 is 23.4 Å². The van der Waals surface area contributed by atoms with Crippen molar-refractivity contribution in [3.63, 3.8) is 0 Å². The Morgan fingerprint density at radius 2 is 1.73 bits per heavy atom. The van der Waals surface area contributed by atoms with Gasteiger partial charge in [0.15, 0.2) is 10.9 Å². The summed E-state index contributed by atoms with van der Waals surface area (Å²) in [7, 11) is 0. The molecule has 1 amide bonds. The number of hydrogen-bond acceptors (Lipinski definition) is 6. The summed E-state index contributed by atoms with van der Waals surface area (Å²) >= 11 is 1.43. The maximum absolute atomic E-state index is 13.0. The maximum atomic E-state index is 13.0. The molecule has 30 heavy (non-hydrogen) atoms. The fraction of sp³-hybridized carbons (Fsp3) is 0.136. The summed E-state index contributed by atoms with van der Waals surface area (Å²) in [6, 6.07) is 19.2. The summed E-state index contributed by atoms with van der Waals surface area (Å²) in [6.45, 7) is 2.09. The predicted octanol–water partition coefficient (Wildman–Crippen LogP) is 4.16. The van der Waals surface area contributed by atoms with Gasteiger partial charge in [-0.3, -0.25) is 4.79 Å². The number of rotatable bonds is 7. The van der Waals surface area contributed by atoms with E-state index in [2.05, 4.69) is 32.5 Å². The molecule has 0 aliphatic rings. The average molecular weight is 417 g/mol. The Morgan fingerprint density at radius 3 is 2.43 bits per heavy atom. The number of carbonyl (C=O) groups is 1. The predicted molar refractivity (Wildman–Crippen MR) is 117 cm³/mol. The molecule has 8 heteroatoms. The van der Waals surface area contributed by atoms with Gasteiger partial charge in [-0.2, -0.15) is 0 Å². The third-order valence-electron chi connectivity index (χ3n) is 4.48. The van der Waals surface area contributed by atoms with Gasteiger partial charge in [-0.05, 0) is 42.3 Å². The Morgan fingerprint density at radius 1 is 1.00 bits per heavy atom. The summed E-state index contributed by atoms with van der Waals surface area (Å²) in [5, 5.41) is 12.0. The highest BCUT2D eigenvalue weighted by molar-refractivity contribution is 7.98. The third-order valence-corrected chi connectivity index (χ3v) is 5.37. The van der Waals surface area contributed by atoms with E-state index in [1.54, 1.807) is 23.1 Å². The Hall–Kier alpha value is -3.52. The molecule has 4 aromatic rings. The fourth-order valence-corrected chi connectivity index (χ4v) is 3.69. The van der Waals surface area contributed by atoms with Crippen molar-refractivity contribution in [3.05, 3.63) is 90.0 Å². The first kappa shape index (κ1) is 19.8. The van der Waals surface area contributed by atoms with Crippen molar-refractivity contribution < 1.29 is 4.79 Å². The molecule has 0 fully saturated rings. The van der Waals surface area contributed by atoms with E-state index in [0.29, 0.717) is 16.6 Å².